The van der Waals surface area contributed by atoms with E-state index in [9.17, 15) is 10.1 Å². The van der Waals surface area contributed by atoms with E-state index < -0.39 is 4.92 Å². The molecular weight excluding hydrogens is 272 g/mol. The first kappa shape index (κ1) is 13.8. The van der Waals surface area contributed by atoms with Gasteiger partial charge in [0.25, 0.3) is 0 Å². The van der Waals surface area contributed by atoms with Crippen molar-refractivity contribution in [2.45, 2.75) is 45.1 Å². The quantitative estimate of drug-likeness (QED) is 0.684. The van der Waals surface area contributed by atoms with Crippen LogP contribution < -0.4 is 5.32 Å². The molecule has 7 heteroatoms. The highest BCUT2D eigenvalue weighted by atomic mass is 16.6. The van der Waals surface area contributed by atoms with E-state index in [1.165, 1.54) is 38.2 Å². The van der Waals surface area contributed by atoms with E-state index in [2.05, 4.69) is 27.2 Å². The molecule has 1 aromatic carbocycles. The lowest BCUT2D eigenvalue weighted by Crippen LogP contribution is -2.27. The first-order valence-corrected chi connectivity index (χ1v) is 7.33. The average Bonchev–Trinajstić information content (AvgIpc) is 2.98. The number of anilines is 1. The zero-order valence-corrected chi connectivity index (χ0v) is 11.9. The molecule has 21 heavy (non-hydrogen) atoms. The number of nitrogens with one attached hydrogen (secondary N) is 1. The Labute approximate surface area is 121 Å². The minimum atomic E-state index is -0.471. The molecule has 0 amide bonds. The summed E-state index contributed by atoms with van der Waals surface area (Å²) in [4.78, 5) is 10.5. The van der Waals surface area contributed by atoms with E-state index in [0.717, 1.165) is 5.69 Å². The van der Waals surface area contributed by atoms with Crippen LogP contribution in [0, 0.1) is 16.0 Å². The molecule has 0 spiro atoms. The molecule has 1 saturated carbocycles. The Morgan fingerprint density at radius 2 is 2.00 bits per heavy atom. The number of nitro benzene ring substituents is 1. The Morgan fingerprint density at radius 3 is 2.71 bits per heavy atom. The summed E-state index contributed by atoms with van der Waals surface area (Å²) in [5.41, 5.74) is 1.28. The van der Waals surface area contributed by atoms with Crippen molar-refractivity contribution in [1.29, 1.82) is 0 Å². The Balaban J connectivity index is 1.85. The highest BCUT2D eigenvalue weighted by Crippen LogP contribution is 2.32. The number of aromatic nitrogens is 2. The van der Waals surface area contributed by atoms with E-state index in [4.69, 9.17) is 0 Å². The lowest BCUT2D eigenvalue weighted by Gasteiger charge is -2.28. The third-order valence-corrected chi connectivity index (χ3v) is 4.33. The maximum atomic E-state index is 11.0. The number of rotatable bonds is 4. The van der Waals surface area contributed by atoms with E-state index >= 15 is 0 Å². The van der Waals surface area contributed by atoms with Crippen LogP contribution in [0.5, 0.6) is 0 Å². The molecule has 3 rings (SSSR count). The summed E-state index contributed by atoms with van der Waals surface area (Å²) in [6.07, 6.45) is 6.32. The van der Waals surface area contributed by atoms with Gasteiger partial charge in [0.05, 0.1) is 10.6 Å². The number of hydrogen-bond acceptors (Lipinski definition) is 6. The largest absolute Gasteiger partial charge is 0.380 e. The summed E-state index contributed by atoms with van der Waals surface area (Å²) < 4.78 is 4.68. The molecule has 112 valence electrons. The minimum Gasteiger partial charge on any atom is -0.380 e. The maximum Gasteiger partial charge on any atom is 0.300 e. The third kappa shape index (κ3) is 2.68. The zero-order chi connectivity index (χ0) is 14.8. The van der Waals surface area contributed by atoms with Gasteiger partial charge in [-0.2, -0.15) is 0 Å². The van der Waals surface area contributed by atoms with Gasteiger partial charge in [-0.1, -0.05) is 19.3 Å². The number of nitro groups is 1. The van der Waals surface area contributed by atoms with Gasteiger partial charge in [-0.15, -0.1) is 0 Å². The van der Waals surface area contributed by atoms with Gasteiger partial charge < -0.3 is 5.32 Å². The molecular formula is C14H18N4O3. The van der Waals surface area contributed by atoms with Gasteiger partial charge in [0, 0.05) is 12.1 Å². The van der Waals surface area contributed by atoms with E-state index in [1.54, 1.807) is 6.07 Å². The van der Waals surface area contributed by atoms with E-state index in [-0.39, 0.29) is 11.2 Å². The van der Waals surface area contributed by atoms with Crippen LogP contribution in [0.15, 0.2) is 16.8 Å². The molecule has 0 aliphatic heterocycles. The number of nitrogens with zero attached hydrogens (tertiary/aromatic N) is 3. The molecule has 1 heterocycles. The van der Waals surface area contributed by atoms with Crippen LogP contribution >= 0.6 is 0 Å². The Hall–Kier alpha value is -2.18. The number of non-ortho nitro benzene ring substituents is 1. The smallest absolute Gasteiger partial charge is 0.300 e. The minimum absolute atomic E-state index is 0.0814. The second-order valence-corrected chi connectivity index (χ2v) is 5.68. The van der Waals surface area contributed by atoms with Crippen LogP contribution in [-0.4, -0.2) is 21.3 Å². The highest BCUT2D eigenvalue weighted by Gasteiger charge is 2.23. The monoisotopic (exact) mass is 290 g/mol. The molecule has 0 saturated heterocycles. The molecule has 0 radical (unpaired) electrons. The second-order valence-electron chi connectivity index (χ2n) is 5.68. The van der Waals surface area contributed by atoms with Crippen molar-refractivity contribution >= 4 is 22.4 Å². The van der Waals surface area contributed by atoms with Crippen molar-refractivity contribution in [3.8, 4) is 0 Å². The van der Waals surface area contributed by atoms with E-state index in [0.29, 0.717) is 17.5 Å². The van der Waals surface area contributed by atoms with E-state index in [1.807, 2.05) is 0 Å². The van der Waals surface area contributed by atoms with Crippen molar-refractivity contribution < 1.29 is 9.55 Å². The van der Waals surface area contributed by atoms with Gasteiger partial charge in [0.2, 0.25) is 5.52 Å². The molecule has 1 N–H and O–H groups in total. The summed E-state index contributed by atoms with van der Waals surface area (Å²) >= 11 is 0. The van der Waals surface area contributed by atoms with Gasteiger partial charge in [0.15, 0.2) is 5.52 Å². The SMILES string of the molecule is CC(Nc1ccc([N+](=O)[O-])c2nonc12)C1CCCCC1. The first-order valence-electron chi connectivity index (χ1n) is 7.33. The van der Waals surface area contributed by atoms with Gasteiger partial charge in [-0.3, -0.25) is 10.1 Å². The predicted molar refractivity (Wildman–Crippen MR) is 78.1 cm³/mol. The fourth-order valence-electron chi connectivity index (χ4n) is 3.11. The molecule has 1 aliphatic rings. The summed E-state index contributed by atoms with van der Waals surface area (Å²) in [5, 5.41) is 21.9. The van der Waals surface area contributed by atoms with Crippen LogP contribution in [0.2, 0.25) is 0 Å². The van der Waals surface area contributed by atoms with Crippen LogP contribution in [0.3, 0.4) is 0 Å². The van der Waals surface area contributed by atoms with Crippen molar-refractivity contribution in [3.63, 3.8) is 0 Å². The van der Waals surface area contributed by atoms with Crippen molar-refractivity contribution in [1.82, 2.24) is 10.3 Å². The fourth-order valence-corrected chi connectivity index (χ4v) is 3.11. The van der Waals surface area contributed by atoms with Gasteiger partial charge in [-0.25, -0.2) is 4.63 Å². The fraction of sp³-hybridized carbons (Fsp3) is 0.571. The van der Waals surface area contributed by atoms with Gasteiger partial charge in [-0.05, 0) is 42.1 Å². The zero-order valence-electron chi connectivity index (χ0n) is 11.9. The van der Waals surface area contributed by atoms with Gasteiger partial charge in [0.1, 0.15) is 0 Å². The number of benzene rings is 1. The van der Waals surface area contributed by atoms with Gasteiger partial charge >= 0.3 is 5.69 Å². The number of hydrogen-bond donors (Lipinski definition) is 1. The molecule has 2 aromatic rings. The summed E-state index contributed by atoms with van der Waals surface area (Å²) in [7, 11) is 0. The molecule has 1 atom stereocenters. The normalized spacial score (nSPS) is 17.8. The van der Waals surface area contributed by atoms with Crippen molar-refractivity contribution in [2.75, 3.05) is 5.32 Å². The Morgan fingerprint density at radius 1 is 1.29 bits per heavy atom. The summed E-state index contributed by atoms with van der Waals surface area (Å²) in [5.74, 6) is 0.629. The lowest BCUT2D eigenvalue weighted by molar-refractivity contribution is -0.383. The molecule has 7 nitrogen and oxygen atoms in total. The highest BCUT2D eigenvalue weighted by molar-refractivity contribution is 5.93. The molecule has 1 unspecified atom stereocenters. The predicted octanol–water partition coefficient (Wildman–Crippen LogP) is 3.51. The topological polar surface area (TPSA) is 94.1 Å². The lowest BCUT2D eigenvalue weighted by atomic mass is 9.84. The second kappa shape index (κ2) is 5.67. The maximum absolute atomic E-state index is 11.0. The Kier molecular flexibility index (Phi) is 3.72. The number of fused-ring (bicyclic) bond motifs is 1. The molecule has 0 bridgehead atoms. The van der Waals surface area contributed by atoms with Crippen molar-refractivity contribution in [2.24, 2.45) is 5.92 Å². The summed E-state index contributed by atoms with van der Waals surface area (Å²) in [6, 6.07) is 3.43. The standard InChI is InChI=1S/C14H18N4O3/c1-9(10-5-3-2-4-6-10)15-11-7-8-12(18(19)20)14-13(11)16-21-17-14/h7-10,15H,2-6H2,1H3. The Bertz CT molecular complexity index is 649. The van der Waals surface area contributed by atoms with Crippen LogP contribution in [0.25, 0.3) is 11.0 Å². The van der Waals surface area contributed by atoms with Crippen molar-refractivity contribution in [3.05, 3.63) is 22.2 Å². The van der Waals surface area contributed by atoms with Crippen LogP contribution in [0.4, 0.5) is 11.4 Å². The first-order chi connectivity index (χ1) is 10.2. The molecule has 1 aromatic heterocycles. The molecule has 1 fully saturated rings. The van der Waals surface area contributed by atoms with Crippen LogP contribution in [-0.2, 0) is 0 Å². The van der Waals surface area contributed by atoms with Crippen LogP contribution in [0.1, 0.15) is 39.0 Å². The average molecular weight is 290 g/mol. The summed E-state index contributed by atoms with van der Waals surface area (Å²) in [6.45, 7) is 2.15. The molecule has 1 aliphatic carbocycles. The third-order valence-electron chi connectivity index (χ3n) is 4.33.